The second-order valence-electron chi connectivity index (χ2n) is 5.03. The van der Waals surface area contributed by atoms with Gasteiger partial charge in [-0.15, -0.1) is 0 Å². The largest absolute Gasteiger partial charge is 0.379 e. The van der Waals surface area contributed by atoms with E-state index in [2.05, 4.69) is 64.0 Å². The fourth-order valence-electron chi connectivity index (χ4n) is 2.32. The fraction of sp³-hybridized carbons (Fsp3) is 0.600. The fourth-order valence-corrected chi connectivity index (χ4v) is 2.67. The van der Waals surface area contributed by atoms with Gasteiger partial charge in [0, 0.05) is 22.7 Å². The summed E-state index contributed by atoms with van der Waals surface area (Å²) < 4.78 is 6.65. The second kappa shape index (κ2) is 8.19. The Kier molecular flexibility index (Phi) is 6.56. The van der Waals surface area contributed by atoms with Crippen LogP contribution in [0, 0.1) is 3.57 Å². The minimum absolute atomic E-state index is 0.432. The predicted molar refractivity (Wildman–Crippen MR) is 87.5 cm³/mol. The number of rotatable bonds is 6. The van der Waals surface area contributed by atoms with Gasteiger partial charge in [-0.2, -0.15) is 0 Å². The highest BCUT2D eigenvalue weighted by Crippen LogP contribution is 2.14. The summed E-state index contributed by atoms with van der Waals surface area (Å²) >= 11 is 2.34. The smallest absolute Gasteiger partial charge is 0.0594 e. The van der Waals surface area contributed by atoms with E-state index in [0.717, 1.165) is 32.8 Å². The molecule has 3 nitrogen and oxygen atoms in total. The molecule has 1 unspecified atom stereocenters. The van der Waals surface area contributed by atoms with Crippen LogP contribution in [0.25, 0.3) is 0 Å². The van der Waals surface area contributed by atoms with E-state index in [-0.39, 0.29) is 0 Å². The van der Waals surface area contributed by atoms with Crippen LogP contribution in [0.1, 0.15) is 24.9 Å². The van der Waals surface area contributed by atoms with Crippen molar-refractivity contribution in [3.8, 4) is 0 Å². The summed E-state index contributed by atoms with van der Waals surface area (Å²) in [4.78, 5) is 2.49. The van der Waals surface area contributed by atoms with E-state index in [4.69, 9.17) is 4.74 Å². The van der Waals surface area contributed by atoms with Gasteiger partial charge in [0.25, 0.3) is 0 Å². The van der Waals surface area contributed by atoms with Crippen LogP contribution in [0.15, 0.2) is 24.3 Å². The van der Waals surface area contributed by atoms with E-state index in [0.29, 0.717) is 6.04 Å². The lowest BCUT2D eigenvalue weighted by molar-refractivity contribution is 0.0374. The topological polar surface area (TPSA) is 24.5 Å². The van der Waals surface area contributed by atoms with Gasteiger partial charge in [-0.05, 0) is 66.7 Å². The average Bonchev–Trinajstić information content (AvgIpc) is 2.45. The molecule has 1 aliphatic heterocycles. The number of hydrogen-bond donors (Lipinski definition) is 1. The number of ether oxygens (including phenoxy) is 1. The van der Waals surface area contributed by atoms with E-state index < -0.39 is 0 Å². The van der Waals surface area contributed by atoms with Crippen LogP contribution in [0.4, 0.5) is 0 Å². The number of halogens is 1. The molecule has 0 saturated carbocycles. The highest BCUT2D eigenvalue weighted by Gasteiger charge is 2.09. The third kappa shape index (κ3) is 5.38. The molecule has 1 saturated heterocycles. The Bertz CT molecular complexity index is 363. The normalized spacial score (nSPS) is 18.4. The van der Waals surface area contributed by atoms with Gasteiger partial charge < -0.3 is 10.1 Å². The predicted octanol–water partition coefficient (Wildman–Crippen LogP) is 2.66. The highest BCUT2D eigenvalue weighted by molar-refractivity contribution is 14.1. The molecule has 1 N–H and O–H groups in total. The molecular weight excluding hydrogens is 351 g/mol. The van der Waals surface area contributed by atoms with Crippen molar-refractivity contribution in [3.63, 3.8) is 0 Å². The number of morpholine rings is 1. The van der Waals surface area contributed by atoms with Crippen LogP contribution in [0.2, 0.25) is 0 Å². The number of benzene rings is 1. The summed E-state index contributed by atoms with van der Waals surface area (Å²) in [7, 11) is 0. The Hall–Kier alpha value is -0.170. The zero-order chi connectivity index (χ0) is 13.5. The molecule has 19 heavy (non-hydrogen) atoms. The number of nitrogens with one attached hydrogen (secondary N) is 1. The van der Waals surface area contributed by atoms with Crippen LogP contribution in [0.3, 0.4) is 0 Å². The van der Waals surface area contributed by atoms with Gasteiger partial charge in [0.15, 0.2) is 0 Å². The van der Waals surface area contributed by atoms with Crippen molar-refractivity contribution in [2.75, 3.05) is 39.4 Å². The zero-order valence-corrected chi connectivity index (χ0v) is 13.7. The van der Waals surface area contributed by atoms with Gasteiger partial charge in [-0.25, -0.2) is 0 Å². The molecule has 106 valence electrons. The molecule has 1 aliphatic rings. The van der Waals surface area contributed by atoms with Crippen molar-refractivity contribution in [3.05, 3.63) is 33.4 Å². The molecule has 1 atom stereocenters. The van der Waals surface area contributed by atoms with Crippen LogP contribution in [-0.4, -0.2) is 44.3 Å². The van der Waals surface area contributed by atoms with Crippen molar-refractivity contribution < 1.29 is 4.74 Å². The summed E-state index contributed by atoms with van der Waals surface area (Å²) in [6, 6.07) is 9.19. The lowest BCUT2D eigenvalue weighted by atomic mass is 10.1. The first kappa shape index (κ1) is 15.2. The van der Waals surface area contributed by atoms with Crippen molar-refractivity contribution >= 4 is 22.6 Å². The molecule has 0 aromatic heterocycles. The van der Waals surface area contributed by atoms with E-state index in [1.807, 2.05) is 0 Å². The van der Waals surface area contributed by atoms with Crippen LogP contribution < -0.4 is 5.32 Å². The van der Waals surface area contributed by atoms with Gasteiger partial charge in [0.1, 0.15) is 0 Å². The molecule has 2 rings (SSSR count). The average molecular weight is 374 g/mol. The van der Waals surface area contributed by atoms with Crippen LogP contribution in [0.5, 0.6) is 0 Å². The van der Waals surface area contributed by atoms with Crippen molar-refractivity contribution in [1.29, 1.82) is 0 Å². The molecule has 0 bridgehead atoms. The molecule has 1 aromatic carbocycles. The number of nitrogens with zero attached hydrogens (tertiary/aromatic N) is 1. The molecule has 1 heterocycles. The summed E-state index contributed by atoms with van der Waals surface area (Å²) in [5, 5.41) is 3.60. The van der Waals surface area contributed by atoms with Gasteiger partial charge >= 0.3 is 0 Å². The first-order chi connectivity index (χ1) is 9.25. The molecule has 0 spiro atoms. The third-order valence-electron chi connectivity index (χ3n) is 3.58. The van der Waals surface area contributed by atoms with Gasteiger partial charge in [-0.1, -0.05) is 12.1 Å². The summed E-state index contributed by atoms with van der Waals surface area (Å²) in [5.41, 5.74) is 1.37. The molecular formula is C15H23IN2O. The quantitative estimate of drug-likeness (QED) is 0.612. The Morgan fingerprint density at radius 2 is 1.95 bits per heavy atom. The maximum absolute atomic E-state index is 5.35. The lowest BCUT2D eigenvalue weighted by Gasteiger charge is -2.26. The Morgan fingerprint density at radius 3 is 2.63 bits per heavy atom. The van der Waals surface area contributed by atoms with Gasteiger partial charge in [0.2, 0.25) is 0 Å². The van der Waals surface area contributed by atoms with E-state index in [9.17, 15) is 0 Å². The Morgan fingerprint density at radius 1 is 1.26 bits per heavy atom. The molecule has 0 amide bonds. The molecule has 0 aliphatic carbocycles. The Labute approximate surface area is 129 Å². The van der Waals surface area contributed by atoms with Crippen molar-refractivity contribution in [1.82, 2.24) is 10.2 Å². The van der Waals surface area contributed by atoms with Gasteiger partial charge in [-0.3, -0.25) is 4.90 Å². The third-order valence-corrected chi connectivity index (χ3v) is 4.29. The SMILES string of the molecule is CC(NCCCN1CCOCC1)c1ccc(I)cc1. The minimum Gasteiger partial charge on any atom is -0.379 e. The maximum atomic E-state index is 5.35. The Balaban J connectivity index is 1.63. The van der Waals surface area contributed by atoms with Crippen molar-refractivity contribution in [2.45, 2.75) is 19.4 Å². The van der Waals surface area contributed by atoms with Crippen molar-refractivity contribution in [2.24, 2.45) is 0 Å². The number of hydrogen-bond acceptors (Lipinski definition) is 3. The summed E-state index contributed by atoms with van der Waals surface area (Å²) in [6.07, 6.45) is 1.20. The second-order valence-corrected chi connectivity index (χ2v) is 6.28. The van der Waals surface area contributed by atoms with Crippen LogP contribution >= 0.6 is 22.6 Å². The molecule has 4 heteroatoms. The summed E-state index contributed by atoms with van der Waals surface area (Å²) in [6.45, 7) is 8.45. The maximum Gasteiger partial charge on any atom is 0.0594 e. The monoisotopic (exact) mass is 374 g/mol. The standard InChI is InChI=1S/C15H23IN2O/c1-13(14-3-5-15(16)6-4-14)17-7-2-8-18-9-11-19-12-10-18/h3-6,13,17H,2,7-12H2,1H3. The van der Waals surface area contributed by atoms with Gasteiger partial charge in [0.05, 0.1) is 13.2 Å². The van der Waals surface area contributed by atoms with E-state index >= 15 is 0 Å². The highest BCUT2D eigenvalue weighted by atomic mass is 127. The summed E-state index contributed by atoms with van der Waals surface area (Å²) in [5.74, 6) is 0. The van der Waals surface area contributed by atoms with E-state index in [1.54, 1.807) is 0 Å². The van der Waals surface area contributed by atoms with E-state index in [1.165, 1.54) is 22.1 Å². The molecule has 1 aromatic rings. The minimum atomic E-state index is 0.432. The lowest BCUT2D eigenvalue weighted by Crippen LogP contribution is -2.37. The zero-order valence-electron chi connectivity index (χ0n) is 11.6. The van der Waals surface area contributed by atoms with Crippen LogP contribution in [-0.2, 0) is 4.74 Å². The molecule has 0 radical (unpaired) electrons. The first-order valence-corrected chi connectivity index (χ1v) is 8.12. The first-order valence-electron chi connectivity index (χ1n) is 7.04. The molecule has 1 fully saturated rings.